The van der Waals surface area contributed by atoms with Gasteiger partial charge < -0.3 is 68.5 Å². The zero-order valence-electron chi connectivity index (χ0n) is 38.9. The zero-order valence-corrected chi connectivity index (χ0v) is 38.9. The number of fused-ring (bicyclic) bond motifs is 4. The van der Waals surface area contributed by atoms with Gasteiger partial charge in [-0.05, 0) is 85.3 Å². The summed E-state index contributed by atoms with van der Waals surface area (Å²) in [7, 11) is 0. The third kappa shape index (κ3) is 8.82. The minimum absolute atomic E-state index is 0.0315. The molecule has 370 valence electrons. The van der Waals surface area contributed by atoms with Crippen LogP contribution in [0.4, 0.5) is 0 Å². The van der Waals surface area contributed by atoms with Gasteiger partial charge in [0.1, 0.15) is 46.7 Å². The molecule has 2 saturated heterocycles. The van der Waals surface area contributed by atoms with Crippen LogP contribution in [-0.4, -0.2) is 127 Å². The zero-order chi connectivity index (χ0) is 50.9. The number of esters is 4. The van der Waals surface area contributed by atoms with Crippen LogP contribution < -0.4 is 9.47 Å². The molecule has 8 rings (SSSR count). The summed E-state index contributed by atoms with van der Waals surface area (Å²) in [5.41, 5.74) is 0.293. The lowest BCUT2D eigenvalue weighted by molar-refractivity contribution is -0.277. The van der Waals surface area contributed by atoms with Crippen LogP contribution in [0.5, 0.6) is 34.5 Å². The van der Waals surface area contributed by atoms with Crippen molar-refractivity contribution in [3.05, 3.63) is 104 Å². The number of phenolic OH excluding ortho intramolecular Hbond substituents is 4. The number of aryl methyl sites for hydroxylation is 2. The lowest BCUT2D eigenvalue weighted by atomic mass is 9.63. The molecule has 0 amide bonds. The topological polar surface area (TPSA) is 298 Å². The Hall–Kier alpha value is -7.26. The summed E-state index contributed by atoms with van der Waals surface area (Å²) in [6.45, 7) is 10.6. The van der Waals surface area contributed by atoms with Gasteiger partial charge in [-0.3, -0.25) is 28.8 Å². The fraction of sp³-hybridized carbons (Fsp3) is 0.400. The average molecular weight is 971 g/mol. The van der Waals surface area contributed by atoms with E-state index in [1.165, 1.54) is 38.1 Å². The van der Waals surface area contributed by atoms with Crippen molar-refractivity contribution in [1.29, 1.82) is 0 Å². The van der Waals surface area contributed by atoms with Gasteiger partial charge in [-0.15, -0.1) is 0 Å². The molecule has 20 nitrogen and oxygen atoms in total. The monoisotopic (exact) mass is 970 g/mol. The highest BCUT2D eigenvalue weighted by Gasteiger charge is 2.52. The summed E-state index contributed by atoms with van der Waals surface area (Å²) in [4.78, 5) is 78.1. The Labute approximate surface area is 399 Å². The highest BCUT2D eigenvalue weighted by atomic mass is 16.7. The Morgan fingerprint density at radius 1 is 0.457 bits per heavy atom. The van der Waals surface area contributed by atoms with Crippen LogP contribution >= 0.6 is 0 Å². The number of carbonyl (C=O) groups excluding carboxylic acids is 6. The van der Waals surface area contributed by atoms with Crippen LogP contribution in [0.3, 0.4) is 0 Å². The Balaban J connectivity index is 1.33. The molecule has 0 radical (unpaired) electrons. The lowest BCUT2D eigenvalue weighted by Crippen LogP contribution is -2.60. The molecule has 4 aromatic rings. The number of phenols is 4. The van der Waals surface area contributed by atoms with Gasteiger partial charge >= 0.3 is 23.9 Å². The predicted molar refractivity (Wildman–Crippen MR) is 237 cm³/mol. The van der Waals surface area contributed by atoms with E-state index in [4.69, 9.17) is 37.9 Å². The van der Waals surface area contributed by atoms with E-state index in [0.29, 0.717) is 11.1 Å². The third-order valence-electron chi connectivity index (χ3n) is 12.6. The number of rotatable bonds is 9. The summed E-state index contributed by atoms with van der Waals surface area (Å²) in [6.07, 6.45) is -14.4. The molecule has 2 aliphatic heterocycles. The van der Waals surface area contributed by atoms with Gasteiger partial charge in [0.05, 0.1) is 34.5 Å². The number of carbonyl (C=O) groups is 6. The lowest BCUT2D eigenvalue weighted by Gasteiger charge is -2.42. The van der Waals surface area contributed by atoms with Crippen LogP contribution in [0.25, 0.3) is 0 Å². The number of hydrogen-bond acceptors (Lipinski definition) is 20. The molecular weight excluding hydrogens is 921 g/mol. The molecule has 2 fully saturated rings. The van der Waals surface area contributed by atoms with E-state index in [0.717, 1.165) is 39.8 Å². The van der Waals surface area contributed by atoms with Crippen LogP contribution in [0.1, 0.15) is 119 Å². The smallest absolute Gasteiger partial charge is 0.303 e. The standard InChI is InChI=1S/C50H50O20/c1-17-9-27-35(29-13-25(15-33(57)39(29)42(60)37(27)31(55)11-17)69-49-47(67-23(7)53)44(62)45(20(4)64-49)65-21(5)51)36-28-10-18(2)12-32(56)38(28)43(61)40-30(36)14-26(16-34(40)58)70-50-48(68-24(8)54)46(66-22(6)52)41(59)19(3)63-50/h9-16,19-20,35-36,41,44-50,55-59,62H,1-8H3/t19-,20-,35-,36+,41-,44+,45-,46+,47+,48+,49-,50-/m0/s1. The fourth-order valence-corrected chi connectivity index (χ4v) is 10.00. The van der Waals surface area contributed by atoms with E-state index in [-0.39, 0.29) is 56.0 Å². The minimum atomic E-state index is -1.67. The number of hydrogen-bond donors (Lipinski definition) is 6. The van der Waals surface area contributed by atoms with Gasteiger partial charge in [-0.25, -0.2) is 0 Å². The second-order valence-electron chi connectivity index (χ2n) is 17.9. The van der Waals surface area contributed by atoms with Crippen molar-refractivity contribution < 1.29 is 97.3 Å². The third-order valence-corrected chi connectivity index (χ3v) is 12.6. The number of ketones is 2. The van der Waals surface area contributed by atoms with Crippen molar-refractivity contribution in [2.45, 2.75) is 129 Å². The molecule has 0 saturated carbocycles. The van der Waals surface area contributed by atoms with Crippen LogP contribution in [0.15, 0.2) is 48.5 Å². The maximum atomic E-state index is 14.6. The highest BCUT2D eigenvalue weighted by molar-refractivity contribution is 6.18. The van der Waals surface area contributed by atoms with Crippen molar-refractivity contribution in [2.75, 3.05) is 0 Å². The van der Waals surface area contributed by atoms with Crippen LogP contribution in [0, 0.1) is 13.8 Å². The van der Waals surface area contributed by atoms with Crippen molar-refractivity contribution in [3.63, 3.8) is 0 Å². The summed E-state index contributed by atoms with van der Waals surface area (Å²) in [5, 5.41) is 69.3. The quantitative estimate of drug-likeness (QED) is 0.102. The number of aliphatic hydroxyl groups excluding tert-OH is 2. The molecule has 20 heteroatoms. The first-order valence-electron chi connectivity index (χ1n) is 22.1. The second-order valence-corrected chi connectivity index (χ2v) is 17.9. The number of ether oxygens (including phenoxy) is 8. The molecule has 0 aromatic heterocycles. The first-order chi connectivity index (χ1) is 32.9. The van der Waals surface area contributed by atoms with E-state index >= 15 is 0 Å². The first-order valence-corrected chi connectivity index (χ1v) is 22.1. The molecule has 0 bridgehead atoms. The summed E-state index contributed by atoms with van der Waals surface area (Å²) >= 11 is 0. The number of aliphatic hydroxyl groups is 2. The van der Waals surface area contributed by atoms with Gasteiger partial charge in [-0.2, -0.15) is 0 Å². The normalized spacial score (nSPS) is 27.7. The van der Waals surface area contributed by atoms with E-state index in [1.807, 2.05) is 0 Å². The molecule has 12 atom stereocenters. The van der Waals surface area contributed by atoms with Crippen molar-refractivity contribution in [2.24, 2.45) is 0 Å². The van der Waals surface area contributed by atoms with Crippen LogP contribution in [-0.2, 0) is 47.6 Å². The van der Waals surface area contributed by atoms with E-state index < -0.39 is 132 Å². The average Bonchev–Trinajstić information content (AvgIpc) is 3.23. The number of benzene rings is 4. The van der Waals surface area contributed by atoms with Crippen molar-refractivity contribution >= 4 is 35.4 Å². The van der Waals surface area contributed by atoms with Crippen molar-refractivity contribution in [3.8, 4) is 34.5 Å². The molecule has 4 aliphatic rings. The van der Waals surface area contributed by atoms with Gasteiger partial charge in [0, 0.05) is 51.7 Å². The molecule has 70 heavy (non-hydrogen) atoms. The largest absolute Gasteiger partial charge is 0.507 e. The summed E-state index contributed by atoms with van der Waals surface area (Å²) < 4.78 is 46.0. The molecule has 0 spiro atoms. The summed E-state index contributed by atoms with van der Waals surface area (Å²) in [6, 6.07) is 10.8. The van der Waals surface area contributed by atoms with E-state index in [2.05, 4.69) is 0 Å². The summed E-state index contributed by atoms with van der Waals surface area (Å²) in [5.74, 6) is -10.0. The number of aromatic hydroxyl groups is 4. The maximum Gasteiger partial charge on any atom is 0.303 e. The van der Waals surface area contributed by atoms with Crippen LogP contribution in [0.2, 0.25) is 0 Å². The van der Waals surface area contributed by atoms with Gasteiger partial charge in [-0.1, -0.05) is 12.1 Å². The Bertz CT molecular complexity index is 2850. The Morgan fingerprint density at radius 2 is 0.800 bits per heavy atom. The fourth-order valence-electron chi connectivity index (χ4n) is 10.00. The highest BCUT2D eigenvalue weighted by Crippen LogP contribution is 2.57. The molecule has 6 N–H and O–H groups in total. The molecule has 2 aliphatic carbocycles. The first kappa shape index (κ1) is 49.2. The second kappa shape index (κ2) is 18.6. The van der Waals surface area contributed by atoms with E-state index in [9.17, 15) is 59.4 Å². The maximum absolute atomic E-state index is 14.6. The Morgan fingerprint density at radius 3 is 1.23 bits per heavy atom. The van der Waals surface area contributed by atoms with Gasteiger partial charge in [0.15, 0.2) is 18.3 Å². The van der Waals surface area contributed by atoms with Gasteiger partial charge in [0.25, 0.3) is 0 Å². The Kier molecular flexibility index (Phi) is 13.0. The molecule has 0 unspecified atom stereocenters. The molecular formula is C50H50O20. The SMILES string of the molecule is CC(=O)O[C@@H]1[C@@H](O)[C@H](C)O[C@@H](Oc2cc(O)c3c(c2)[C@H]([C@H]2c4cc(C)cc(O)c4C(=O)c4c(O)cc(O[C@@H]5O[C@@H](C)[C@H](OC(C)=O)[C@@H](O)[C@H]5OC(C)=O)cc42)c2cc(C)cc(O)c2C3=O)[C@@H]1OC(C)=O. The molecule has 4 aromatic carbocycles. The molecule has 2 heterocycles. The van der Waals surface area contributed by atoms with E-state index in [1.54, 1.807) is 26.0 Å². The van der Waals surface area contributed by atoms with Crippen molar-refractivity contribution in [1.82, 2.24) is 0 Å². The predicted octanol–water partition coefficient (Wildman–Crippen LogP) is 3.87. The van der Waals surface area contributed by atoms with Gasteiger partial charge in [0.2, 0.25) is 30.3 Å². The minimum Gasteiger partial charge on any atom is -0.507 e.